The number of alkyl carbamates (subject to hydrolysis) is 1. The molecule has 0 spiro atoms. The molecule has 1 heterocycles. The van der Waals surface area contributed by atoms with E-state index in [0.29, 0.717) is 11.0 Å². The molecule has 0 bridgehead atoms. The molecule has 1 aromatic heterocycles. The number of rotatable bonds is 12. The second-order valence-electron chi connectivity index (χ2n) is 10.2. The third-order valence-electron chi connectivity index (χ3n) is 6.89. The van der Waals surface area contributed by atoms with Crippen LogP contribution in [-0.4, -0.2) is 51.0 Å². The lowest BCUT2D eigenvalue weighted by Gasteiger charge is -2.22. The predicted molar refractivity (Wildman–Crippen MR) is 165 cm³/mol. The van der Waals surface area contributed by atoms with Gasteiger partial charge in [0, 0.05) is 6.42 Å². The van der Waals surface area contributed by atoms with Crippen LogP contribution in [0.4, 0.5) is 4.79 Å². The van der Waals surface area contributed by atoms with Crippen molar-refractivity contribution in [2.45, 2.75) is 38.1 Å². The maximum Gasteiger partial charge on any atom is 0.408 e. The zero-order valence-corrected chi connectivity index (χ0v) is 24.2. The number of nitrogens with zero attached hydrogens (tertiary/aromatic N) is 3. The zero-order chi connectivity index (χ0) is 31.4. The van der Waals surface area contributed by atoms with Gasteiger partial charge in [0.2, 0.25) is 5.91 Å². The van der Waals surface area contributed by atoms with Crippen LogP contribution < -0.4 is 10.6 Å². The van der Waals surface area contributed by atoms with Crippen LogP contribution in [0.15, 0.2) is 115 Å². The Morgan fingerprint density at radius 2 is 1.20 bits per heavy atom. The van der Waals surface area contributed by atoms with Crippen LogP contribution in [0.3, 0.4) is 0 Å². The summed E-state index contributed by atoms with van der Waals surface area (Å²) >= 11 is 0. The highest BCUT2D eigenvalue weighted by Crippen LogP contribution is 2.13. The monoisotopic (exact) mass is 605 g/mol. The first-order valence-corrected chi connectivity index (χ1v) is 14.3. The Morgan fingerprint density at radius 3 is 1.84 bits per heavy atom. The van der Waals surface area contributed by atoms with Gasteiger partial charge in [-0.25, -0.2) is 4.79 Å². The normalized spacial score (nSPS) is 12.1. The van der Waals surface area contributed by atoms with Crippen LogP contribution in [0.1, 0.15) is 27.9 Å². The molecule has 4 aromatic carbocycles. The second kappa shape index (κ2) is 15.1. The zero-order valence-electron chi connectivity index (χ0n) is 24.2. The molecule has 0 fully saturated rings. The minimum Gasteiger partial charge on any atom is -0.461 e. The van der Waals surface area contributed by atoms with E-state index in [-0.39, 0.29) is 19.6 Å². The SMILES string of the molecule is O=C(C[C@H](NC(=O)OCc1ccccc1)C(=O)NC(Cc1ccccc1)C(=O)n1nnc2ccccc21)OCc1ccccc1. The van der Waals surface area contributed by atoms with Gasteiger partial charge in [-0.05, 0) is 28.8 Å². The third kappa shape index (κ3) is 8.60. The number of nitrogens with one attached hydrogen (secondary N) is 2. The van der Waals surface area contributed by atoms with Gasteiger partial charge in [0.1, 0.15) is 30.8 Å². The number of aromatic nitrogens is 3. The molecule has 2 amide bonds. The van der Waals surface area contributed by atoms with E-state index in [1.807, 2.05) is 54.6 Å². The predicted octanol–water partition coefficient (Wildman–Crippen LogP) is 4.23. The Balaban J connectivity index is 1.34. The molecule has 2 N–H and O–H groups in total. The molecule has 1 unspecified atom stereocenters. The number of fused-ring (bicyclic) bond motifs is 1. The standard InChI is InChI=1S/C34H31N5O6/c40-31(44-22-25-14-6-2-7-15-25)21-28(36-34(43)45-23-26-16-8-3-9-17-26)32(41)35-29(20-24-12-4-1-5-13-24)33(42)39-30-19-11-10-18-27(30)37-38-39/h1-19,28-29H,20-23H2,(H,35,41)(H,36,43)/t28-,29?/m0/s1. The summed E-state index contributed by atoms with van der Waals surface area (Å²) in [5, 5.41) is 13.3. The average molecular weight is 606 g/mol. The van der Waals surface area contributed by atoms with Gasteiger partial charge in [0.15, 0.2) is 0 Å². The van der Waals surface area contributed by atoms with Gasteiger partial charge in [-0.3, -0.25) is 14.4 Å². The second-order valence-corrected chi connectivity index (χ2v) is 10.2. The summed E-state index contributed by atoms with van der Waals surface area (Å²) in [4.78, 5) is 53.1. The van der Waals surface area contributed by atoms with Crippen molar-refractivity contribution in [2.75, 3.05) is 0 Å². The highest BCUT2D eigenvalue weighted by atomic mass is 16.5. The Kier molecular flexibility index (Phi) is 10.2. The fourth-order valence-electron chi connectivity index (χ4n) is 4.58. The van der Waals surface area contributed by atoms with Gasteiger partial charge < -0.3 is 20.1 Å². The van der Waals surface area contributed by atoms with E-state index in [1.165, 1.54) is 0 Å². The minimum absolute atomic E-state index is 0.0129. The van der Waals surface area contributed by atoms with E-state index < -0.39 is 42.4 Å². The van der Waals surface area contributed by atoms with Gasteiger partial charge in [0.25, 0.3) is 5.91 Å². The Bertz CT molecular complexity index is 1690. The summed E-state index contributed by atoms with van der Waals surface area (Å²) in [6.07, 6.45) is -1.30. The number of carbonyl (C=O) groups excluding carboxylic acids is 4. The maximum atomic E-state index is 13.8. The molecule has 0 aliphatic heterocycles. The molecule has 11 heteroatoms. The number of amides is 2. The average Bonchev–Trinajstić information content (AvgIpc) is 3.51. The van der Waals surface area contributed by atoms with E-state index >= 15 is 0 Å². The fourth-order valence-corrected chi connectivity index (χ4v) is 4.58. The quantitative estimate of drug-likeness (QED) is 0.201. The minimum atomic E-state index is -1.41. The molecule has 0 saturated carbocycles. The topological polar surface area (TPSA) is 142 Å². The highest BCUT2D eigenvalue weighted by molar-refractivity contribution is 5.96. The Labute approximate surface area is 259 Å². The van der Waals surface area contributed by atoms with E-state index in [2.05, 4.69) is 20.9 Å². The molecular weight excluding hydrogens is 574 g/mol. The third-order valence-corrected chi connectivity index (χ3v) is 6.89. The lowest BCUT2D eigenvalue weighted by atomic mass is 10.0. The number of ether oxygens (including phenoxy) is 2. The van der Waals surface area contributed by atoms with Crippen molar-refractivity contribution in [3.8, 4) is 0 Å². The van der Waals surface area contributed by atoms with Gasteiger partial charge in [0.05, 0.1) is 11.9 Å². The van der Waals surface area contributed by atoms with Crippen molar-refractivity contribution in [2.24, 2.45) is 0 Å². The van der Waals surface area contributed by atoms with Crippen LogP contribution >= 0.6 is 0 Å². The van der Waals surface area contributed by atoms with Crippen molar-refractivity contribution in [3.05, 3.63) is 132 Å². The summed E-state index contributed by atoms with van der Waals surface area (Å²) in [5.41, 5.74) is 3.26. The van der Waals surface area contributed by atoms with Crippen LogP contribution in [0, 0.1) is 0 Å². The molecule has 0 aliphatic rings. The molecule has 2 atom stereocenters. The van der Waals surface area contributed by atoms with Crippen LogP contribution in [-0.2, 0) is 38.7 Å². The Hall–Kier alpha value is -5.84. The molecule has 0 radical (unpaired) electrons. The first-order chi connectivity index (χ1) is 22.0. The molecule has 0 aliphatic carbocycles. The summed E-state index contributed by atoms with van der Waals surface area (Å²) < 4.78 is 11.8. The van der Waals surface area contributed by atoms with Gasteiger partial charge in [-0.15, -0.1) is 5.10 Å². The van der Waals surface area contributed by atoms with Crippen LogP contribution in [0.25, 0.3) is 11.0 Å². The van der Waals surface area contributed by atoms with Gasteiger partial charge >= 0.3 is 12.1 Å². The Morgan fingerprint density at radius 1 is 0.644 bits per heavy atom. The number of esters is 1. The van der Waals surface area contributed by atoms with E-state index in [0.717, 1.165) is 21.4 Å². The van der Waals surface area contributed by atoms with Gasteiger partial charge in [-0.1, -0.05) is 108 Å². The summed E-state index contributed by atoms with van der Waals surface area (Å²) in [5.74, 6) is -2.05. The molecule has 5 aromatic rings. The van der Waals surface area contributed by atoms with Crippen LogP contribution in [0.5, 0.6) is 0 Å². The van der Waals surface area contributed by atoms with Crippen molar-refractivity contribution >= 4 is 34.9 Å². The van der Waals surface area contributed by atoms with Crippen molar-refractivity contribution in [1.29, 1.82) is 0 Å². The number of hydrogen-bond acceptors (Lipinski definition) is 8. The lowest BCUT2D eigenvalue weighted by Crippen LogP contribution is -2.54. The lowest BCUT2D eigenvalue weighted by molar-refractivity contribution is -0.147. The molecule has 11 nitrogen and oxygen atoms in total. The molecule has 5 rings (SSSR count). The van der Waals surface area contributed by atoms with E-state index in [4.69, 9.17) is 9.47 Å². The molecule has 45 heavy (non-hydrogen) atoms. The molecule has 228 valence electrons. The largest absolute Gasteiger partial charge is 0.461 e. The van der Waals surface area contributed by atoms with Crippen LogP contribution in [0.2, 0.25) is 0 Å². The van der Waals surface area contributed by atoms with Gasteiger partial charge in [-0.2, -0.15) is 4.68 Å². The smallest absolute Gasteiger partial charge is 0.408 e. The summed E-state index contributed by atoms with van der Waals surface area (Å²) in [6, 6.07) is 31.6. The molecular formula is C34H31N5O6. The summed E-state index contributed by atoms with van der Waals surface area (Å²) in [7, 11) is 0. The summed E-state index contributed by atoms with van der Waals surface area (Å²) in [6.45, 7) is -0.0606. The van der Waals surface area contributed by atoms with E-state index in [1.54, 1.807) is 60.7 Å². The first-order valence-electron chi connectivity index (χ1n) is 14.3. The number of benzene rings is 4. The van der Waals surface area contributed by atoms with Crippen molar-refractivity contribution in [1.82, 2.24) is 25.6 Å². The maximum absolute atomic E-state index is 13.8. The molecule has 0 saturated heterocycles. The van der Waals surface area contributed by atoms with Crippen molar-refractivity contribution in [3.63, 3.8) is 0 Å². The number of para-hydroxylation sites is 1. The number of carbonyl (C=O) groups is 4. The van der Waals surface area contributed by atoms with E-state index in [9.17, 15) is 19.2 Å². The first kappa shape index (κ1) is 30.6. The highest BCUT2D eigenvalue weighted by Gasteiger charge is 2.31. The van der Waals surface area contributed by atoms with Crippen molar-refractivity contribution < 1.29 is 28.7 Å². The fraction of sp³-hybridized carbons (Fsp3) is 0.176. The number of hydrogen-bond donors (Lipinski definition) is 2.